The van der Waals surface area contributed by atoms with Crippen molar-refractivity contribution in [1.29, 1.82) is 0 Å². The molecule has 10 atom stereocenters. The van der Waals surface area contributed by atoms with Gasteiger partial charge in [0, 0.05) is 22.1 Å². The van der Waals surface area contributed by atoms with Crippen molar-refractivity contribution in [2.75, 3.05) is 10.6 Å². The number of nitrogens with one attached hydrogen (secondary N) is 2. The molecule has 0 amide bonds. The summed E-state index contributed by atoms with van der Waals surface area (Å²) in [5.41, 5.74) is 2.57. The van der Waals surface area contributed by atoms with Gasteiger partial charge in [-0.25, -0.2) is 4.98 Å². The quantitative estimate of drug-likeness (QED) is 0.223. The van der Waals surface area contributed by atoms with Crippen LogP contribution in [0.15, 0.2) is 42.5 Å². The third kappa shape index (κ3) is 4.60. The first-order chi connectivity index (χ1) is 17.1. The van der Waals surface area contributed by atoms with Crippen molar-refractivity contribution in [3.63, 3.8) is 0 Å². The molecular formula is C25H31N3O8. The molecule has 2 aromatic carbocycles. The third-order valence-electron chi connectivity index (χ3n) is 6.94. The number of rotatable bonds is 4. The van der Waals surface area contributed by atoms with Gasteiger partial charge in [-0.1, -0.05) is 12.1 Å². The van der Waals surface area contributed by atoms with Crippen LogP contribution in [-0.2, 0) is 9.47 Å². The highest BCUT2D eigenvalue weighted by molar-refractivity contribution is 5.95. The summed E-state index contributed by atoms with van der Waals surface area (Å²) in [7, 11) is 0. The fourth-order valence-electron chi connectivity index (χ4n) is 4.67. The summed E-state index contributed by atoms with van der Waals surface area (Å²) in [5, 5.41) is 68.4. The van der Waals surface area contributed by atoms with Gasteiger partial charge in [0.05, 0.1) is 23.2 Å². The summed E-state index contributed by atoms with van der Waals surface area (Å²) in [6, 6.07) is 12.9. The Labute approximate surface area is 206 Å². The van der Waals surface area contributed by atoms with E-state index in [2.05, 4.69) is 10.6 Å². The zero-order valence-corrected chi connectivity index (χ0v) is 19.8. The van der Waals surface area contributed by atoms with Crippen LogP contribution in [0.5, 0.6) is 0 Å². The molecule has 0 unspecified atom stereocenters. The van der Waals surface area contributed by atoms with Crippen LogP contribution in [0.3, 0.4) is 0 Å². The molecule has 2 aliphatic heterocycles. The Bertz CT molecular complexity index is 1150. The van der Waals surface area contributed by atoms with E-state index in [0.717, 1.165) is 10.8 Å². The van der Waals surface area contributed by atoms with E-state index in [9.17, 15) is 30.6 Å². The van der Waals surface area contributed by atoms with E-state index in [1.165, 1.54) is 0 Å². The average Bonchev–Trinajstić information content (AvgIpc) is 2.86. The second-order valence-corrected chi connectivity index (χ2v) is 9.56. The summed E-state index contributed by atoms with van der Waals surface area (Å²) < 4.78 is 11.2. The minimum atomic E-state index is -1.33. The number of ether oxygens (including phenoxy) is 2. The van der Waals surface area contributed by atoms with Gasteiger partial charge in [0.15, 0.2) is 12.5 Å². The second-order valence-electron chi connectivity index (χ2n) is 9.56. The topological polar surface area (TPSA) is 177 Å². The van der Waals surface area contributed by atoms with E-state index >= 15 is 0 Å². The summed E-state index contributed by atoms with van der Waals surface area (Å²) in [4.78, 5) is 4.74. The van der Waals surface area contributed by atoms with Gasteiger partial charge >= 0.3 is 0 Å². The summed E-state index contributed by atoms with van der Waals surface area (Å²) in [5.74, 6) is 0. The van der Waals surface area contributed by atoms with Gasteiger partial charge in [-0.05, 0) is 44.2 Å². The lowest BCUT2D eigenvalue weighted by Crippen LogP contribution is -2.58. The second kappa shape index (κ2) is 9.69. The van der Waals surface area contributed by atoms with E-state index in [1.807, 2.05) is 30.3 Å². The molecule has 3 aromatic rings. The highest BCUT2D eigenvalue weighted by atomic mass is 16.6. The molecule has 2 saturated heterocycles. The molecule has 2 aliphatic rings. The lowest BCUT2D eigenvalue weighted by molar-refractivity contribution is -0.209. The minimum absolute atomic E-state index is 0.615. The smallest absolute Gasteiger partial charge is 0.157 e. The number of pyridine rings is 1. The van der Waals surface area contributed by atoms with Gasteiger partial charge in [0.1, 0.15) is 36.6 Å². The molecule has 11 heteroatoms. The molecule has 8 N–H and O–H groups in total. The van der Waals surface area contributed by atoms with Gasteiger partial charge in [-0.2, -0.15) is 0 Å². The van der Waals surface area contributed by atoms with Crippen molar-refractivity contribution >= 4 is 33.2 Å². The zero-order valence-electron chi connectivity index (χ0n) is 19.8. The first-order valence-corrected chi connectivity index (χ1v) is 11.9. The van der Waals surface area contributed by atoms with Gasteiger partial charge in [-0.15, -0.1) is 0 Å². The van der Waals surface area contributed by atoms with Gasteiger partial charge in [-0.3, -0.25) is 0 Å². The average molecular weight is 502 g/mol. The van der Waals surface area contributed by atoms with Crippen molar-refractivity contribution in [2.45, 2.75) is 75.1 Å². The molecular weight excluding hydrogens is 470 g/mol. The third-order valence-corrected chi connectivity index (χ3v) is 6.94. The molecule has 0 bridgehead atoms. The number of aromatic nitrogens is 1. The molecule has 11 nitrogen and oxygen atoms in total. The highest BCUT2D eigenvalue weighted by Gasteiger charge is 2.42. The zero-order chi connectivity index (χ0) is 25.7. The largest absolute Gasteiger partial charge is 0.388 e. The molecule has 0 spiro atoms. The van der Waals surface area contributed by atoms with Crippen molar-refractivity contribution in [2.24, 2.45) is 0 Å². The minimum Gasteiger partial charge on any atom is -0.388 e. The molecule has 5 rings (SSSR count). The van der Waals surface area contributed by atoms with Gasteiger partial charge in [0.2, 0.25) is 0 Å². The molecule has 2 fully saturated rings. The fourth-order valence-corrected chi connectivity index (χ4v) is 4.67. The number of benzene rings is 2. The maximum Gasteiger partial charge on any atom is 0.157 e. The predicted molar refractivity (Wildman–Crippen MR) is 131 cm³/mol. The van der Waals surface area contributed by atoms with Crippen LogP contribution in [-0.4, -0.2) is 96.9 Å². The van der Waals surface area contributed by atoms with Crippen LogP contribution >= 0.6 is 0 Å². The van der Waals surface area contributed by atoms with Crippen LogP contribution in [0.2, 0.25) is 0 Å². The van der Waals surface area contributed by atoms with Gasteiger partial charge < -0.3 is 50.7 Å². The molecule has 0 radical (unpaired) electrons. The lowest BCUT2D eigenvalue weighted by Gasteiger charge is -2.39. The molecule has 0 saturated carbocycles. The maximum absolute atomic E-state index is 10.3. The Morgan fingerprint density at radius 3 is 1.42 bits per heavy atom. The summed E-state index contributed by atoms with van der Waals surface area (Å²) >= 11 is 0. The van der Waals surface area contributed by atoms with Crippen LogP contribution in [0.4, 0.5) is 11.4 Å². The van der Waals surface area contributed by atoms with Crippen molar-refractivity contribution in [3.05, 3.63) is 42.5 Å². The fraction of sp³-hybridized carbons (Fsp3) is 0.480. The first kappa shape index (κ1) is 25.1. The molecule has 3 heterocycles. The molecule has 194 valence electrons. The predicted octanol–water partition coefficient (Wildman–Crippen LogP) is -0.133. The Balaban J connectivity index is 1.38. The number of aliphatic hydroxyl groups excluding tert-OH is 6. The number of nitrogens with zero attached hydrogens (tertiary/aromatic N) is 1. The Kier molecular flexibility index (Phi) is 6.74. The van der Waals surface area contributed by atoms with E-state index in [1.54, 1.807) is 26.0 Å². The molecule has 0 aliphatic carbocycles. The number of hydrogen-bond donors (Lipinski definition) is 8. The van der Waals surface area contributed by atoms with E-state index in [0.29, 0.717) is 22.4 Å². The Morgan fingerprint density at radius 1 is 0.583 bits per heavy atom. The van der Waals surface area contributed by atoms with Gasteiger partial charge in [0.25, 0.3) is 0 Å². The summed E-state index contributed by atoms with van der Waals surface area (Å²) in [6.07, 6.45) is -10.8. The Hall–Kier alpha value is -2.61. The van der Waals surface area contributed by atoms with E-state index in [-0.39, 0.29) is 0 Å². The number of hydrogen-bond acceptors (Lipinski definition) is 11. The number of aliphatic hydroxyl groups is 6. The summed E-state index contributed by atoms with van der Waals surface area (Å²) in [6.45, 7) is 3.24. The SMILES string of the molecule is C[C@@H]1O[C@@H](Nc2ccc3cc4ccc(N[C@@H]5O[C@@H](C)[C@H](O)[C@@H](O)[C@H]5O)cc4nc3c2)[C@H](O)[C@H](O)[C@H]1O. The van der Waals surface area contributed by atoms with Crippen molar-refractivity contribution in [3.8, 4) is 0 Å². The van der Waals surface area contributed by atoms with Crippen LogP contribution in [0.25, 0.3) is 21.8 Å². The first-order valence-electron chi connectivity index (χ1n) is 11.9. The monoisotopic (exact) mass is 501 g/mol. The standard InChI is InChI=1S/C25H31N3O8/c1-10-18(29)20(31)22(33)24(35-10)26-14-5-3-12-7-13-4-6-15(9-17(13)28-16(12)8-14)27-25-23(34)21(32)19(30)11(2)36-25/h3-11,18-27,29-34H,1-2H3/t10-,11-,18-,19-,20+,21+,22+,23+,24+,25+/m0/s1. The van der Waals surface area contributed by atoms with Crippen LogP contribution in [0.1, 0.15) is 13.8 Å². The molecule has 1 aromatic heterocycles. The van der Waals surface area contributed by atoms with Crippen LogP contribution in [0, 0.1) is 0 Å². The van der Waals surface area contributed by atoms with Crippen molar-refractivity contribution < 1.29 is 40.1 Å². The number of fused-ring (bicyclic) bond motifs is 2. The Morgan fingerprint density at radius 2 is 1.00 bits per heavy atom. The normalized spacial score (nSPS) is 37.2. The van der Waals surface area contributed by atoms with E-state index in [4.69, 9.17) is 14.5 Å². The van der Waals surface area contributed by atoms with Crippen LogP contribution < -0.4 is 10.6 Å². The van der Waals surface area contributed by atoms with Crippen molar-refractivity contribution in [1.82, 2.24) is 4.98 Å². The van der Waals surface area contributed by atoms with E-state index < -0.39 is 61.3 Å². The highest BCUT2D eigenvalue weighted by Crippen LogP contribution is 2.28. The molecule has 36 heavy (non-hydrogen) atoms. The maximum atomic E-state index is 10.3. The number of anilines is 2. The lowest BCUT2D eigenvalue weighted by atomic mass is 9.99.